The van der Waals surface area contributed by atoms with Crippen molar-refractivity contribution in [1.29, 1.82) is 0 Å². The zero-order chi connectivity index (χ0) is 26.5. The molecule has 2 aromatic rings. The number of nitrogens with one attached hydrogen (secondary N) is 1. The Balaban J connectivity index is 2.07. The van der Waals surface area contributed by atoms with Crippen molar-refractivity contribution < 1.29 is 9.21 Å². The van der Waals surface area contributed by atoms with Crippen molar-refractivity contribution >= 4 is 28.5 Å². The summed E-state index contributed by atoms with van der Waals surface area (Å²) in [6.45, 7) is 12.1. The summed E-state index contributed by atoms with van der Waals surface area (Å²) in [5.74, 6) is 0.141. The smallest absolute Gasteiger partial charge is 0.272 e. The normalized spacial score (nSPS) is 10.9. The number of hydrogen-bond acceptors (Lipinski definition) is 4. The van der Waals surface area contributed by atoms with Crippen molar-refractivity contribution in [2.24, 2.45) is 16.6 Å². The topological polar surface area (TPSA) is 113 Å². The molecule has 8 nitrogen and oxygen atoms in total. The van der Waals surface area contributed by atoms with Gasteiger partial charge >= 0.3 is 0 Å². The van der Waals surface area contributed by atoms with Crippen molar-refractivity contribution in [3.8, 4) is 22.5 Å². The molecule has 5 N–H and O–H groups in total. The Morgan fingerprint density at radius 3 is 2.35 bits per heavy atom. The minimum absolute atomic E-state index is 0.215. The van der Waals surface area contributed by atoms with Gasteiger partial charge in [-0.1, -0.05) is 18.2 Å². The summed E-state index contributed by atoms with van der Waals surface area (Å²) >= 11 is 0. The highest BCUT2D eigenvalue weighted by atomic mass is 16.3. The second-order valence-corrected chi connectivity index (χ2v) is 8.71. The number of carbonyl (C=O) groups excluding carboxylic acids is 1. The Bertz CT molecular complexity index is 1490. The molecule has 192 valence electrons. The fraction of sp³-hybridized carbons (Fsp3) is 0.276. The highest BCUT2D eigenvalue weighted by Gasteiger charge is 2.22. The van der Waals surface area contributed by atoms with E-state index in [1.165, 1.54) is 0 Å². The van der Waals surface area contributed by atoms with E-state index in [1.807, 2.05) is 18.2 Å². The minimum Gasteiger partial charge on any atom is -0.456 e. The number of guanidine groups is 1. The Labute approximate surface area is 217 Å². The van der Waals surface area contributed by atoms with Crippen LogP contribution in [0.15, 0.2) is 70.2 Å². The number of benzene rings is 3. The van der Waals surface area contributed by atoms with Crippen molar-refractivity contribution in [2.45, 2.75) is 27.7 Å². The van der Waals surface area contributed by atoms with Gasteiger partial charge in [-0.15, -0.1) is 5.10 Å². The van der Waals surface area contributed by atoms with E-state index in [-0.39, 0.29) is 5.96 Å². The van der Waals surface area contributed by atoms with Gasteiger partial charge in [0.1, 0.15) is 24.4 Å². The first-order chi connectivity index (χ1) is 17.9. The first-order valence-electron chi connectivity index (χ1n) is 12.7. The van der Waals surface area contributed by atoms with E-state index in [2.05, 4.69) is 84.1 Å². The molecule has 2 aromatic carbocycles. The molecule has 1 aliphatic carbocycles. The summed E-state index contributed by atoms with van der Waals surface area (Å²) in [5.41, 5.74) is 18.2. The molecule has 2 aliphatic rings. The first kappa shape index (κ1) is 25.8. The Kier molecular flexibility index (Phi) is 7.77. The molecule has 0 aromatic heterocycles. The van der Waals surface area contributed by atoms with Gasteiger partial charge in [0.05, 0.1) is 6.07 Å². The maximum absolute atomic E-state index is 13.1. The second-order valence-electron chi connectivity index (χ2n) is 8.71. The third-order valence-electron chi connectivity index (χ3n) is 6.67. The van der Waals surface area contributed by atoms with Crippen LogP contribution in [-0.4, -0.2) is 38.0 Å². The lowest BCUT2D eigenvalue weighted by atomic mass is 9.90. The van der Waals surface area contributed by atoms with E-state index >= 15 is 0 Å². The molecular weight excluding hydrogens is 464 g/mol. The summed E-state index contributed by atoms with van der Waals surface area (Å²) in [6.07, 6.45) is 0. The predicted molar refractivity (Wildman–Crippen MR) is 151 cm³/mol. The van der Waals surface area contributed by atoms with Crippen molar-refractivity contribution in [2.75, 3.05) is 31.1 Å². The zero-order valence-corrected chi connectivity index (χ0v) is 21.9. The van der Waals surface area contributed by atoms with Crippen LogP contribution in [0.1, 0.15) is 38.1 Å². The lowest BCUT2D eigenvalue weighted by Gasteiger charge is -2.22. The van der Waals surface area contributed by atoms with Crippen molar-refractivity contribution in [1.82, 2.24) is 10.0 Å². The van der Waals surface area contributed by atoms with Crippen molar-refractivity contribution in [3.63, 3.8) is 0 Å². The number of carbonyl (C=O) groups is 1. The average Bonchev–Trinajstić information content (AvgIpc) is 2.91. The molecule has 1 amide bonds. The van der Waals surface area contributed by atoms with Crippen LogP contribution in [-0.2, 0) is 0 Å². The molecule has 0 unspecified atom stereocenters. The van der Waals surface area contributed by atoms with Gasteiger partial charge in [-0.05, 0) is 57.5 Å². The summed E-state index contributed by atoms with van der Waals surface area (Å²) in [7, 11) is 0. The van der Waals surface area contributed by atoms with Crippen LogP contribution in [0.25, 0.3) is 33.4 Å². The molecule has 0 atom stereocenters. The van der Waals surface area contributed by atoms with E-state index in [4.69, 9.17) is 15.9 Å². The highest BCUT2D eigenvalue weighted by molar-refractivity contribution is 6.09. The summed E-state index contributed by atoms with van der Waals surface area (Å²) in [6, 6.07) is 20.0. The molecular formula is C29H35N6O2+. The van der Waals surface area contributed by atoms with Gasteiger partial charge in [0.2, 0.25) is 11.3 Å². The number of hydrazone groups is 1. The maximum atomic E-state index is 13.1. The number of fused-ring (bicyclic) bond motifs is 2. The molecule has 0 bridgehead atoms. The summed E-state index contributed by atoms with van der Waals surface area (Å²) in [5, 5.41) is 5.71. The fourth-order valence-electron chi connectivity index (χ4n) is 4.80. The lowest BCUT2D eigenvalue weighted by molar-refractivity contribution is 0.0955. The van der Waals surface area contributed by atoms with Gasteiger partial charge in [0, 0.05) is 53.0 Å². The van der Waals surface area contributed by atoms with Gasteiger partial charge in [-0.25, -0.2) is 10.0 Å². The molecule has 8 heteroatoms. The van der Waals surface area contributed by atoms with Crippen LogP contribution in [0, 0.1) is 0 Å². The molecule has 1 aliphatic heterocycles. The molecule has 1 heterocycles. The van der Waals surface area contributed by atoms with Gasteiger partial charge in [0.25, 0.3) is 5.91 Å². The van der Waals surface area contributed by atoms with E-state index in [0.717, 1.165) is 70.6 Å². The van der Waals surface area contributed by atoms with Crippen molar-refractivity contribution in [3.05, 3.63) is 71.6 Å². The lowest BCUT2D eigenvalue weighted by Crippen LogP contribution is -2.29. The third kappa shape index (κ3) is 5.14. The molecule has 0 radical (unpaired) electrons. The first-order valence-corrected chi connectivity index (χ1v) is 12.7. The Hall–Kier alpha value is -4.33. The summed E-state index contributed by atoms with van der Waals surface area (Å²) < 4.78 is 8.82. The molecule has 37 heavy (non-hydrogen) atoms. The SMILES string of the molecule is CCN(CC)c1ccc2c(-c3ccccc3C(=O)NN=C(N)N)c3ccc(=[N+](CC)CC)cc-3oc2c1. The molecule has 0 saturated heterocycles. The standard InChI is InChI=1S/C29H34N6O2/c1-5-34(6-2)19-13-15-23-25(17-19)37-26-18-20(35(7-3)8-4)14-16-24(26)27(23)21-11-9-10-12-22(21)28(36)32-33-29(30)31/h9-18H,5-8H2,1-4H3,(H4,30,31,36)/p+1. The van der Waals surface area contributed by atoms with E-state index in [0.29, 0.717) is 5.56 Å². The van der Waals surface area contributed by atoms with Gasteiger partial charge < -0.3 is 20.8 Å². The van der Waals surface area contributed by atoms with Gasteiger partial charge in [0.15, 0.2) is 0 Å². The van der Waals surface area contributed by atoms with E-state index < -0.39 is 5.91 Å². The van der Waals surface area contributed by atoms with Crippen LogP contribution in [0.2, 0.25) is 0 Å². The Morgan fingerprint density at radius 1 is 0.946 bits per heavy atom. The minimum atomic E-state index is -0.398. The monoisotopic (exact) mass is 499 g/mol. The molecule has 0 saturated carbocycles. The van der Waals surface area contributed by atoms with E-state index in [9.17, 15) is 4.79 Å². The zero-order valence-electron chi connectivity index (χ0n) is 21.9. The van der Waals surface area contributed by atoms with Crippen LogP contribution >= 0.6 is 0 Å². The van der Waals surface area contributed by atoms with Crippen LogP contribution < -0.4 is 31.7 Å². The fourth-order valence-corrected chi connectivity index (χ4v) is 4.80. The largest absolute Gasteiger partial charge is 0.456 e. The number of anilines is 1. The molecule has 0 fully saturated rings. The summed E-state index contributed by atoms with van der Waals surface area (Å²) in [4.78, 5) is 15.4. The third-order valence-corrected chi connectivity index (χ3v) is 6.67. The van der Waals surface area contributed by atoms with Gasteiger partial charge in [-0.2, -0.15) is 0 Å². The maximum Gasteiger partial charge on any atom is 0.272 e. The number of rotatable bonds is 8. The number of amides is 1. The molecule has 4 rings (SSSR count). The highest BCUT2D eigenvalue weighted by Crippen LogP contribution is 2.42. The van der Waals surface area contributed by atoms with Gasteiger partial charge in [-0.3, -0.25) is 4.79 Å². The Morgan fingerprint density at radius 2 is 1.68 bits per heavy atom. The van der Waals surface area contributed by atoms with E-state index in [1.54, 1.807) is 6.07 Å². The average molecular weight is 500 g/mol. The second kappa shape index (κ2) is 11.2. The number of nitrogens with two attached hydrogens (primary N) is 2. The van der Waals surface area contributed by atoms with Crippen LogP contribution in [0.3, 0.4) is 0 Å². The number of nitrogens with zero attached hydrogens (tertiary/aromatic N) is 3. The van der Waals surface area contributed by atoms with Crippen LogP contribution in [0.4, 0.5) is 5.69 Å². The molecule has 0 spiro atoms. The number of hydrogen-bond donors (Lipinski definition) is 3. The van der Waals surface area contributed by atoms with Crippen LogP contribution in [0.5, 0.6) is 0 Å². The quantitative estimate of drug-likeness (QED) is 0.112. The predicted octanol–water partition coefficient (Wildman–Crippen LogP) is 3.78.